The number of hydrogen-bond acceptors (Lipinski definition) is 9. The Balaban J connectivity index is 1.20. The second-order valence-corrected chi connectivity index (χ2v) is 13.8. The minimum absolute atomic E-state index is 0.0126. The molecular formula is C38H44N6O5. The number of benzene rings is 3. The number of anilines is 2. The van der Waals surface area contributed by atoms with Crippen LogP contribution in [0.2, 0.25) is 0 Å². The average molecular weight is 665 g/mol. The molecule has 4 aliphatic rings. The van der Waals surface area contributed by atoms with E-state index in [0.29, 0.717) is 38.3 Å². The molecule has 2 atom stereocenters. The van der Waals surface area contributed by atoms with Gasteiger partial charge in [0.2, 0.25) is 0 Å². The molecule has 0 spiro atoms. The number of rotatable bonds is 6. The lowest BCUT2D eigenvalue weighted by Gasteiger charge is -2.38. The van der Waals surface area contributed by atoms with E-state index in [1.165, 1.54) is 0 Å². The Hall–Kier alpha value is -5.16. The Morgan fingerprint density at radius 1 is 0.878 bits per heavy atom. The van der Waals surface area contributed by atoms with Gasteiger partial charge in [0.25, 0.3) is 5.91 Å². The number of methoxy groups -OCH3 is 2. The fraction of sp³-hybridized carbons (Fsp3) is 0.368. The van der Waals surface area contributed by atoms with Gasteiger partial charge in [-0.15, -0.1) is 0 Å². The number of carbonyl (C=O) groups excluding carboxylic acids is 2. The molecule has 0 bridgehead atoms. The smallest absolute Gasteiger partial charge is 0.410 e. The van der Waals surface area contributed by atoms with Crippen molar-refractivity contribution in [3.8, 4) is 11.5 Å². The zero-order valence-corrected chi connectivity index (χ0v) is 28.9. The van der Waals surface area contributed by atoms with Gasteiger partial charge in [0, 0.05) is 55.6 Å². The molecule has 0 radical (unpaired) electrons. The van der Waals surface area contributed by atoms with Crippen molar-refractivity contribution in [2.75, 3.05) is 50.6 Å². The molecular weight excluding hydrogens is 620 g/mol. The number of nitrogens with zero attached hydrogens (tertiary/aromatic N) is 3. The van der Waals surface area contributed by atoms with Crippen LogP contribution in [-0.4, -0.2) is 74.0 Å². The van der Waals surface area contributed by atoms with Crippen LogP contribution in [0.15, 0.2) is 83.7 Å². The third-order valence-corrected chi connectivity index (χ3v) is 9.61. The summed E-state index contributed by atoms with van der Waals surface area (Å²) in [6.45, 7) is 10.9. The van der Waals surface area contributed by atoms with Crippen molar-refractivity contribution < 1.29 is 23.8 Å². The molecule has 1 fully saturated rings. The van der Waals surface area contributed by atoms with E-state index in [1.54, 1.807) is 19.1 Å². The first-order valence-corrected chi connectivity index (χ1v) is 16.8. The van der Waals surface area contributed by atoms with Gasteiger partial charge in [-0.25, -0.2) is 9.80 Å². The van der Waals surface area contributed by atoms with Crippen molar-refractivity contribution in [2.24, 2.45) is 0 Å². The maximum atomic E-state index is 14.2. The first-order chi connectivity index (χ1) is 23.5. The van der Waals surface area contributed by atoms with Crippen LogP contribution in [0.5, 0.6) is 11.5 Å². The van der Waals surface area contributed by atoms with Crippen molar-refractivity contribution in [2.45, 2.75) is 51.8 Å². The summed E-state index contributed by atoms with van der Waals surface area (Å²) in [5.74, 6) is 2.06. The molecule has 2 amide bonds. The predicted octanol–water partition coefficient (Wildman–Crippen LogP) is 5.43. The van der Waals surface area contributed by atoms with E-state index in [0.717, 1.165) is 56.7 Å². The third kappa shape index (κ3) is 6.26. The summed E-state index contributed by atoms with van der Waals surface area (Å²) in [4.78, 5) is 30.8. The Kier molecular flexibility index (Phi) is 8.40. The van der Waals surface area contributed by atoms with Gasteiger partial charge in [0.15, 0.2) is 0 Å². The number of amides is 2. The van der Waals surface area contributed by atoms with Gasteiger partial charge in [-0.05, 0) is 92.9 Å². The zero-order chi connectivity index (χ0) is 34.4. The zero-order valence-electron chi connectivity index (χ0n) is 28.9. The van der Waals surface area contributed by atoms with Crippen molar-refractivity contribution in [3.63, 3.8) is 0 Å². The molecule has 4 heterocycles. The molecule has 0 aromatic heterocycles. The van der Waals surface area contributed by atoms with Crippen LogP contribution in [0, 0.1) is 0 Å². The van der Waals surface area contributed by atoms with Crippen LogP contribution >= 0.6 is 0 Å². The number of nitrogens with one attached hydrogen (secondary N) is 3. The fourth-order valence-electron chi connectivity index (χ4n) is 7.08. The highest BCUT2D eigenvalue weighted by Gasteiger charge is 2.46. The number of piperazine rings is 1. The number of carbonyl (C=O) groups is 2. The van der Waals surface area contributed by atoms with Crippen LogP contribution in [0.4, 0.5) is 16.2 Å². The van der Waals surface area contributed by atoms with E-state index >= 15 is 0 Å². The molecule has 0 saturated carbocycles. The highest BCUT2D eigenvalue weighted by atomic mass is 16.6. The van der Waals surface area contributed by atoms with Crippen LogP contribution < -0.4 is 30.4 Å². The highest BCUT2D eigenvalue weighted by Crippen LogP contribution is 2.50. The maximum Gasteiger partial charge on any atom is 0.410 e. The maximum absolute atomic E-state index is 14.2. The monoisotopic (exact) mass is 664 g/mol. The first-order valence-electron chi connectivity index (χ1n) is 16.8. The predicted molar refractivity (Wildman–Crippen MR) is 189 cm³/mol. The summed E-state index contributed by atoms with van der Waals surface area (Å²) in [5.41, 5.74) is 10.6. The van der Waals surface area contributed by atoms with Crippen LogP contribution in [0.1, 0.15) is 50.3 Å². The lowest BCUT2D eigenvalue weighted by atomic mass is 9.75. The van der Waals surface area contributed by atoms with E-state index in [1.807, 2.05) is 57.2 Å². The molecule has 4 aliphatic heterocycles. The molecule has 7 rings (SSSR count). The molecule has 2 unspecified atom stereocenters. The van der Waals surface area contributed by atoms with E-state index < -0.39 is 5.60 Å². The Morgan fingerprint density at radius 3 is 2.16 bits per heavy atom. The van der Waals surface area contributed by atoms with Gasteiger partial charge in [0.1, 0.15) is 22.9 Å². The third-order valence-electron chi connectivity index (χ3n) is 9.61. The van der Waals surface area contributed by atoms with Crippen molar-refractivity contribution in [3.05, 3.63) is 100 Å². The summed E-state index contributed by atoms with van der Waals surface area (Å²) in [6.07, 6.45) is -0.285. The topological polar surface area (TPSA) is 108 Å². The van der Waals surface area contributed by atoms with Crippen molar-refractivity contribution >= 4 is 29.1 Å². The highest BCUT2D eigenvalue weighted by molar-refractivity contribution is 6.14. The second kappa shape index (κ2) is 12.7. The summed E-state index contributed by atoms with van der Waals surface area (Å²) >= 11 is 0. The number of hydrazine groups is 1. The molecule has 3 aromatic carbocycles. The van der Waals surface area contributed by atoms with E-state index in [-0.39, 0.29) is 24.0 Å². The van der Waals surface area contributed by atoms with Gasteiger partial charge >= 0.3 is 6.09 Å². The summed E-state index contributed by atoms with van der Waals surface area (Å²) < 4.78 is 16.4. The standard InChI is InChI=1S/C38H44N6O5/c1-23-31-32-29-16-11-26(42-17-19-43(20-18-42)37(46)49-38(2,3)4)21-30(29)39-36(45)33(32)34(25-9-14-28(48-6)15-10-25)40-35(31)41-44(23)22-24-7-12-27(47-5)13-8-24/h7-16,21,23,32,40-41H,17-20,22H2,1-6H3,(H,39,45). The molecule has 1 saturated heterocycles. The minimum Gasteiger partial charge on any atom is -0.497 e. The lowest BCUT2D eigenvalue weighted by molar-refractivity contribution is -0.113. The molecule has 0 aliphatic carbocycles. The lowest BCUT2D eigenvalue weighted by Crippen LogP contribution is -2.50. The SMILES string of the molecule is COc1ccc(CN2NC3=C(C4C(=C(c5ccc(OC)cc5)N3)C(=O)Nc3cc(N5CCN(C(=O)OC(C)(C)C)CC5)ccc34)C2C)cc1. The average Bonchev–Trinajstić information content (AvgIpc) is 3.41. The van der Waals surface area contributed by atoms with Gasteiger partial charge in [-0.3, -0.25) is 4.79 Å². The van der Waals surface area contributed by atoms with Gasteiger partial charge in [-0.2, -0.15) is 0 Å². The Morgan fingerprint density at radius 2 is 1.53 bits per heavy atom. The number of ether oxygens (including phenoxy) is 3. The second-order valence-electron chi connectivity index (χ2n) is 13.8. The van der Waals surface area contributed by atoms with Crippen LogP contribution in [0.3, 0.4) is 0 Å². The van der Waals surface area contributed by atoms with E-state index in [4.69, 9.17) is 14.2 Å². The van der Waals surface area contributed by atoms with Crippen LogP contribution in [-0.2, 0) is 16.1 Å². The van der Waals surface area contributed by atoms with Gasteiger partial charge < -0.3 is 40.1 Å². The van der Waals surface area contributed by atoms with Crippen molar-refractivity contribution in [1.82, 2.24) is 20.7 Å². The van der Waals surface area contributed by atoms with Crippen LogP contribution in [0.25, 0.3) is 5.70 Å². The first kappa shape index (κ1) is 32.4. The van der Waals surface area contributed by atoms with Gasteiger partial charge in [0.05, 0.1) is 31.5 Å². The summed E-state index contributed by atoms with van der Waals surface area (Å²) in [5, 5.41) is 9.05. The fourth-order valence-corrected chi connectivity index (χ4v) is 7.08. The Bertz CT molecular complexity index is 1820. The van der Waals surface area contributed by atoms with E-state index in [9.17, 15) is 9.59 Å². The number of fused-ring (bicyclic) bond motifs is 4. The minimum atomic E-state index is -0.533. The number of dihydropyridines is 1. The summed E-state index contributed by atoms with van der Waals surface area (Å²) in [6, 6.07) is 22.2. The molecule has 11 nitrogen and oxygen atoms in total. The van der Waals surface area contributed by atoms with Crippen molar-refractivity contribution in [1.29, 1.82) is 0 Å². The summed E-state index contributed by atoms with van der Waals surface area (Å²) in [7, 11) is 3.31. The number of hydrogen-bond donors (Lipinski definition) is 3. The quantitative estimate of drug-likeness (QED) is 0.318. The molecule has 3 N–H and O–H groups in total. The van der Waals surface area contributed by atoms with E-state index in [2.05, 4.69) is 63.2 Å². The molecule has 11 heteroatoms. The molecule has 49 heavy (non-hydrogen) atoms. The molecule has 256 valence electrons. The largest absolute Gasteiger partial charge is 0.497 e. The molecule has 3 aromatic rings. The van der Waals surface area contributed by atoms with Gasteiger partial charge in [-0.1, -0.05) is 18.2 Å². The normalized spacial score (nSPS) is 20.5. The Labute approximate surface area is 287 Å².